The molecule has 0 fully saturated rings. The van der Waals surface area contributed by atoms with E-state index in [1.54, 1.807) is 18.2 Å². The zero-order valence-electron chi connectivity index (χ0n) is 7.07. The summed E-state index contributed by atoms with van der Waals surface area (Å²) >= 11 is 0. The topological polar surface area (TPSA) is 46.2 Å². The molecule has 1 atom stereocenters. The van der Waals surface area contributed by atoms with Gasteiger partial charge in [0.15, 0.2) is 0 Å². The van der Waals surface area contributed by atoms with Gasteiger partial charge in [-0.2, -0.15) is 0 Å². The van der Waals surface area contributed by atoms with Gasteiger partial charge in [-0.3, -0.25) is 0 Å². The highest BCUT2D eigenvalue weighted by Gasteiger charge is 1.89. The summed E-state index contributed by atoms with van der Waals surface area (Å²) in [6.07, 6.45) is 3.78. The monoisotopic (exact) mass is 163 g/mol. The Morgan fingerprint density at radius 1 is 1.50 bits per heavy atom. The second-order valence-electron chi connectivity index (χ2n) is 2.81. The van der Waals surface area contributed by atoms with Crippen molar-refractivity contribution in [2.75, 3.05) is 0 Å². The molecule has 2 nitrogen and oxygen atoms in total. The van der Waals surface area contributed by atoms with Crippen LogP contribution in [0.5, 0.6) is 5.75 Å². The van der Waals surface area contributed by atoms with E-state index in [0.717, 1.165) is 5.56 Å². The van der Waals surface area contributed by atoms with Gasteiger partial charge in [0.1, 0.15) is 5.75 Å². The number of aromatic hydroxyl groups is 1. The highest BCUT2D eigenvalue weighted by Crippen LogP contribution is 2.11. The molecule has 0 saturated carbocycles. The molecule has 64 valence electrons. The number of benzene rings is 1. The number of rotatable bonds is 2. The lowest BCUT2D eigenvalue weighted by atomic mass is 10.2. The summed E-state index contributed by atoms with van der Waals surface area (Å²) in [6.45, 7) is 1.90. The minimum atomic E-state index is 0.0485. The Morgan fingerprint density at radius 3 is 2.83 bits per heavy atom. The van der Waals surface area contributed by atoms with E-state index in [1.807, 2.05) is 25.1 Å². The van der Waals surface area contributed by atoms with Gasteiger partial charge < -0.3 is 10.8 Å². The van der Waals surface area contributed by atoms with Crippen LogP contribution in [-0.2, 0) is 0 Å². The van der Waals surface area contributed by atoms with E-state index in [4.69, 9.17) is 10.8 Å². The first-order valence-electron chi connectivity index (χ1n) is 3.91. The molecular weight excluding hydrogens is 150 g/mol. The molecule has 0 bridgehead atoms. The largest absolute Gasteiger partial charge is 0.508 e. The maximum atomic E-state index is 9.11. The Kier molecular flexibility index (Phi) is 2.88. The van der Waals surface area contributed by atoms with Crippen LogP contribution in [-0.4, -0.2) is 11.1 Å². The Hall–Kier alpha value is -1.28. The lowest BCUT2D eigenvalue weighted by Gasteiger charge is -1.96. The van der Waals surface area contributed by atoms with Gasteiger partial charge in [0.05, 0.1) is 0 Å². The zero-order valence-corrected chi connectivity index (χ0v) is 7.07. The van der Waals surface area contributed by atoms with E-state index in [1.165, 1.54) is 0 Å². The van der Waals surface area contributed by atoms with Gasteiger partial charge in [0, 0.05) is 6.04 Å². The van der Waals surface area contributed by atoms with Crippen LogP contribution < -0.4 is 5.73 Å². The molecule has 3 N–H and O–H groups in total. The van der Waals surface area contributed by atoms with E-state index in [9.17, 15) is 0 Å². The first kappa shape index (κ1) is 8.81. The highest BCUT2D eigenvalue weighted by molar-refractivity contribution is 5.51. The molecule has 0 aliphatic rings. The second-order valence-corrected chi connectivity index (χ2v) is 2.81. The Morgan fingerprint density at radius 2 is 2.25 bits per heavy atom. The van der Waals surface area contributed by atoms with Crippen LogP contribution >= 0.6 is 0 Å². The van der Waals surface area contributed by atoms with Gasteiger partial charge in [0.25, 0.3) is 0 Å². The molecule has 1 rings (SSSR count). The molecule has 0 aromatic heterocycles. The Balaban J connectivity index is 2.76. The smallest absolute Gasteiger partial charge is 0.116 e. The molecule has 2 heteroatoms. The van der Waals surface area contributed by atoms with Gasteiger partial charge >= 0.3 is 0 Å². The van der Waals surface area contributed by atoms with Crippen LogP contribution in [0.4, 0.5) is 0 Å². The van der Waals surface area contributed by atoms with Gasteiger partial charge in [-0.25, -0.2) is 0 Å². The summed E-state index contributed by atoms with van der Waals surface area (Å²) in [4.78, 5) is 0. The van der Waals surface area contributed by atoms with E-state index in [0.29, 0.717) is 0 Å². The van der Waals surface area contributed by atoms with Gasteiger partial charge in [-0.1, -0.05) is 24.3 Å². The summed E-state index contributed by atoms with van der Waals surface area (Å²) in [5.74, 6) is 0.279. The van der Waals surface area contributed by atoms with Crippen LogP contribution in [0.15, 0.2) is 30.3 Å². The standard InChI is InChI=1S/C10H13NO/c1-8(11)5-6-9-3-2-4-10(12)7-9/h2-8,12H,11H2,1H3. The second kappa shape index (κ2) is 3.93. The van der Waals surface area contributed by atoms with Crippen molar-refractivity contribution in [1.29, 1.82) is 0 Å². The molecule has 0 heterocycles. The third-order valence-corrected chi connectivity index (χ3v) is 1.46. The molecule has 0 aliphatic heterocycles. The summed E-state index contributed by atoms with van der Waals surface area (Å²) in [5.41, 5.74) is 6.49. The third kappa shape index (κ3) is 2.76. The third-order valence-electron chi connectivity index (χ3n) is 1.46. The minimum absolute atomic E-state index is 0.0485. The minimum Gasteiger partial charge on any atom is -0.508 e. The molecule has 0 aliphatic carbocycles. The zero-order chi connectivity index (χ0) is 8.97. The Bertz CT molecular complexity index is 279. The first-order valence-corrected chi connectivity index (χ1v) is 3.91. The van der Waals surface area contributed by atoms with Gasteiger partial charge in [-0.05, 0) is 24.6 Å². The van der Waals surface area contributed by atoms with Crippen molar-refractivity contribution in [3.8, 4) is 5.75 Å². The van der Waals surface area contributed by atoms with Crippen molar-refractivity contribution in [1.82, 2.24) is 0 Å². The highest BCUT2D eigenvalue weighted by atomic mass is 16.3. The predicted molar refractivity (Wildman–Crippen MR) is 50.8 cm³/mol. The Labute approximate surface area is 72.3 Å². The number of phenolic OH excluding ortho intramolecular Hbond substituents is 1. The molecule has 1 aromatic rings. The number of nitrogens with two attached hydrogens (primary N) is 1. The predicted octanol–water partition coefficient (Wildman–Crippen LogP) is 1.75. The molecule has 0 saturated heterocycles. The fourth-order valence-electron chi connectivity index (χ4n) is 0.891. The van der Waals surface area contributed by atoms with Crippen molar-refractivity contribution in [3.63, 3.8) is 0 Å². The van der Waals surface area contributed by atoms with Crippen LogP contribution in [0.25, 0.3) is 6.08 Å². The van der Waals surface area contributed by atoms with E-state index in [-0.39, 0.29) is 11.8 Å². The molecular formula is C10H13NO. The SMILES string of the molecule is CC(N)C=Cc1cccc(O)c1. The van der Waals surface area contributed by atoms with Crippen LogP contribution in [0, 0.1) is 0 Å². The summed E-state index contributed by atoms with van der Waals surface area (Å²) in [5, 5.41) is 9.11. The van der Waals surface area contributed by atoms with Gasteiger partial charge in [0.2, 0.25) is 0 Å². The average molecular weight is 163 g/mol. The molecule has 0 radical (unpaired) electrons. The maximum absolute atomic E-state index is 9.11. The van der Waals surface area contributed by atoms with E-state index in [2.05, 4.69) is 0 Å². The van der Waals surface area contributed by atoms with Crippen molar-refractivity contribution in [2.24, 2.45) is 5.73 Å². The molecule has 0 spiro atoms. The fourth-order valence-corrected chi connectivity index (χ4v) is 0.891. The van der Waals surface area contributed by atoms with Crippen LogP contribution in [0.2, 0.25) is 0 Å². The number of phenols is 1. The van der Waals surface area contributed by atoms with Crippen LogP contribution in [0.3, 0.4) is 0 Å². The normalized spacial score (nSPS) is 13.5. The summed E-state index contributed by atoms with van der Waals surface area (Å²) in [7, 11) is 0. The van der Waals surface area contributed by atoms with Crippen molar-refractivity contribution >= 4 is 6.08 Å². The molecule has 1 unspecified atom stereocenters. The molecule has 12 heavy (non-hydrogen) atoms. The fraction of sp³-hybridized carbons (Fsp3) is 0.200. The average Bonchev–Trinajstić information content (AvgIpc) is 2.01. The van der Waals surface area contributed by atoms with E-state index < -0.39 is 0 Å². The van der Waals surface area contributed by atoms with Gasteiger partial charge in [-0.15, -0.1) is 0 Å². The van der Waals surface area contributed by atoms with E-state index >= 15 is 0 Å². The quantitative estimate of drug-likeness (QED) is 0.697. The summed E-state index contributed by atoms with van der Waals surface area (Å²) < 4.78 is 0. The molecule has 0 amide bonds. The maximum Gasteiger partial charge on any atom is 0.116 e. The van der Waals surface area contributed by atoms with Crippen molar-refractivity contribution < 1.29 is 5.11 Å². The summed E-state index contributed by atoms with van der Waals surface area (Å²) in [6, 6.07) is 7.10. The van der Waals surface area contributed by atoms with Crippen molar-refractivity contribution in [2.45, 2.75) is 13.0 Å². The van der Waals surface area contributed by atoms with Crippen LogP contribution in [0.1, 0.15) is 12.5 Å². The lowest BCUT2D eigenvalue weighted by molar-refractivity contribution is 0.475. The first-order chi connectivity index (χ1) is 5.68. The molecule has 1 aromatic carbocycles. The lowest BCUT2D eigenvalue weighted by Crippen LogP contribution is -2.09. The van der Waals surface area contributed by atoms with Crippen molar-refractivity contribution in [3.05, 3.63) is 35.9 Å². The number of hydrogen-bond donors (Lipinski definition) is 2. The number of hydrogen-bond acceptors (Lipinski definition) is 2.